The number of nitrogen functional groups attached to an aromatic ring is 1. The van der Waals surface area contributed by atoms with Crippen LogP contribution in [0.4, 0.5) is 11.8 Å². The fourth-order valence-corrected chi connectivity index (χ4v) is 4.45. The molecule has 2 aliphatic heterocycles. The zero-order chi connectivity index (χ0) is 17.8. The van der Waals surface area contributed by atoms with Gasteiger partial charge in [0, 0.05) is 13.1 Å². The lowest BCUT2D eigenvalue weighted by atomic mass is 10.1. The minimum absolute atomic E-state index is 0.0170. The molecular formula is C14H19N5O5S. The van der Waals surface area contributed by atoms with E-state index in [0.29, 0.717) is 10.5 Å². The van der Waals surface area contributed by atoms with Gasteiger partial charge in [-0.25, -0.2) is 4.57 Å². The van der Waals surface area contributed by atoms with E-state index < -0.39 is 29.4 Å². The molecule has 136 valence electrons. The van der Waals surface area contributed by atoms with Gasteiger partial charge in [-0.2, -0.15) is 9.97 Å². The summed E-state index contributed by atoms with van der Waals surface area (Å²) in [7, 11) is 0. The van der Waals surface area contributed by atoms with Crippen molar-refractivity contribution >= 4 is 33.5 Å². The largest absolute Gasteiger partial charge is 0.394 e. The van der Waals surface area contributed by atoms with Gasteiger partial charge in [0.15, 0.2) is 17.2 Å². The minimum atomic E-state index is -2.02. The first-order valence-corrected chi connectivity index (χ1v) is 8.85. The third kappa shape index (κ3) is 2.42. The van der Waals surface area contributed by atoms with Gasteiger partial charge in [-0.15, -0.1) is 0 Å². The quantitative estimate of drug-likeness (QED) is 0.504. The number of hydrogen-bond acceptors (Lipinski definition) is 10. The molecule has 5 N–H and O–H groups in total. The number of rotatable bonds is 3. The molecule has 3 atom stereocenters. The molecular weight excluding hydrogens is 350 g/mol. The van der Waals surface area contributed by atoms with Crippen LogP contribution in [0.25, 0.3) is 10.3 Å². The van der Waals surface area contributed by atoms with Gasteiger partial charge >= 0.3 is 4.87 Å². The lowest BCUT2D eigenvalue weighted by molar-refractivity contribution is -0.111. The molecule has 4 heterocycles. The van der Waals surface area contributed by atoms with Crippen molar-refractivity contribution in [3.8, 4) is 0 Å². The third-order valence-corrected chi connectivity index (χ3v) is 5.67. The van der Waals surface area contributed by atoms with Crippen LogP contribution in [0.5, 0.6) is 0 Å². The normalized spacial score (nSPS) is 29.8. The molecule has 4 rings (SSSR count). The number of aliphatic hydroxyl groups is 3. The van der Waals surface area contributed by atoms with Crippen molar-refractivity contribution in [1.29, 1.82) is 0 Å². The number of anilines is 2. The van der Waals surface area contributed by atoms with Crippen LogP contribution in [0.1, 0.15) is 12.8 Å². The van der Waals surface area contributed by atoms with E-state index in [1.807, 2.05) is 4.90 Å². The molecule has 2 aromatic rings. The molecule has 2 fully saturated rings. The monoisotopic (exact) mass is 369 g/mol. The summed E-state index contributed by atoms with van der Waals surface area (Å²) in [6, 6.07) is 0. The van der Waals surface area contributed by atoms with Crippen molar-refractivity contribution < 1.29 is 20.1 Å². The Bertz CT molecular complexity index is 863. The van der Waals surface area contributed by atoms with E-state index in [2.05, 4.69) is 9.97 Å². The molecule has 0 aliphatic carbocycles. The summed E-state index contributed by atoms with van der Waals surface area (Å²) in [6.45, 7) is 0.797. The number of aromatic nitrogens is 3. The van der Waals surface area contributed by atoms with Crippen LogP contribution in [-0.4, -0.2) is 68.4 Å². The van der Waals surface area contributed by atoms with Gasteiger partial charge in [0.25, 0.3) is 0 Å². The van der Waals surface area contributed by atoms with Crippen molar-refractivity contribution in [2.45, 2.75) is 30.8 Å². The predicted octanol–water partition coefficient (Wildman–Crippen LogP) is -1.57. The number of thiazole rings is 1. The van der Waals surface area contributed by atoms with E-state index in [9.17, 15) is 20.1 Å². The SMILES string of the molecule is Nc1nc(N2CCCC2)c2sc(=O)n([C@@]3(O)CO[C@H](CO)[C@H]3O)c2n1. The number of fused-ring (bicyclic) bond motifs is 1. The zero-order valence-electron chi connectivity index (χ0n) is 13.3. The van der Waals surface area contributed by atoms with Gasteiger partial charge < -0.3 is 30.7 Å². The maximum atomic E-state index is 12.6. The van der Waals surface area contributed by atoms with E-state index in [-0.39, 0.29) is 18.2 Å². The highest BCUT2D eigenvalue weighted by Gasteiger charge is 2.51. The summed E-state index contributed by atoms with van der Waals surface area (Å²) in [5.74, 6) is 0.549. The Balaban J connectivity index is 1.91. The minimum Gasteiger partial charge on any atom is -0.394 e. The first kappa shape index (κ1) is 16.7. The maximum absolute atomic E-state index is 12.6. The first-order valence-electron chi connectivity index (χ1n) is 8.03. The molecule has 25 heavy (non-hydrogen) atoms. The third-order valence-electron chi connectivity index (χ3n) is 4.74. The van der Waals surface area contributed by atoms with Gasteiger partial charge in [0.1, 0.15) is 16.9 Å². The van der Waals surface area contributed by atoms with Gasteiger partial charge in [0.05, 0.1) is 13.2 Å². The Morgan fingerprint density at radius 1 is 1.36 bits per heavy atom. The molecule has 0 spiro atoms. The Hall–Kier alpha value is -1.79. The van der Waals surface area contributed by atoms with Crippen molar-refractivity contribution in [3.05, 3.63) is 9.67 Å². The average molecular weight is 369 g/mol. The summed E-state index contributed by atoms with van der Waals surface area (Å²) in [5, 5.41) is 30.5. The predicted molar refractivity (Wildman–Crippen MR) is 90.6 cm³/mol. The summed E-state index contributed by atoms with van der Waals surface area (Å²) in [5.41, 5.74) is 3.96. The highest BCUT2D eigenvalue weighted by Crippen LogP contribution is 2.35. The molecule has 0 amide bonds. The second kappa shape index (κ2) is 5.88. The topological polar surface area (TPSA) is 147 Å². The number of ether oxygens (including phenoxy) is 1. The Morgan fingerprint density at radius 2 is 2.08 bits per heavy atom. The van der Waals surface area contributed by atoms with E-state index in [0.717, 1.165) is 41.8 Å². The van der Waals surface area contributed by atoms with Crippen LogP contribution in [0.15, 0.2) is 4.79 Å². The molecule has 0 unspecified atom stereocenters. The molecule has 11 heteroatoms. The van der Waals surface area contributed by atoms with Crippen LogP contribution in [0, 0.1) is 0 Å². The van der Waals surface area contributed by atoms with Gasteiger partial charge in [-0.1, -0.05) is 11.3 Å². The molecule has 0 radical (unpaired) electrons. The fourth-order valence-electron chi connectivity index (χ4n) is 3.44. The highest BCUT2D eigenvalue weighted by atomic mass is 32.1. The molecule has 10 nitrogen and oxygen atoms in total. The lowest BCUT2D eigenvalue weighted by Crippen LogP contribution is -2.50. The molecule has 0 saturated carbocycles. The zero-order valence-corrected chi connectivity index (χ0v) is 14.1. The molecule has 2 aliphatic rings. The van der Waals surface area contributed by atoms with Crippen molar-refractivity contribution in [2.24, 2.45) is 0 Å². The molecule has 0 bridgehead atoms. The second-order valence-electron chi connectivity index (χ2n) is 6.31. The standard InChI is InChI=1S/C14H19N5O5S/c15-12-16-10(18-3-1-2-4-18)8-11(17-12)19(13(22)25-8)14(23)6-24-7(5-20)9(14)21/h7,9,20-21,23H,1-6H2,(H2,15,16,17)/t7-,9-,14-/m1/s1. The van der Waals surface area contributed by atoms with Gasteiger partial charge in [-0.3, -0.25) is 4.79 Å². The maximum Gasteiger partial charge on any atom is 0.312 e. The van der Waals surface area contributed by atoms with Crippen LogP contribution >= 0.6 is 11.3 Å². The molecule has 2 aromatic heterocycles. The second-order valence-corrected chi connectivity index (χ2v) is 7.27. The van der Waals surface area contributed by atoms with Crippen LogP contribution in [0.3, 0.4) is 0 Å². The summed E-state index contributed by atoms with van der Waals surface area (Å²) >= 11 is 0.893. The van der Waals surface area contributed by atoms with Crippen molar-refractivity contribution in [2.75, 3.05) is 36.9 Å². The number of aliphatic hydroxyl groups excluding tert-OH is 2. The van der Waals surface area contributed by atoms with Crippen molar-refractivity contribution in [3.63, 3.8) is 0 Å². The van der Waals surface area contributed by atoms with E-state index >= 15 is 0 Å². The van der Waals surface area contributed by atoms with E-state index in [1.165, 1.54) is 0 Å². The first-order chi connectivity index (χ1) is 12.0. The summed E-state index contributed by atoms with van der Waals surface area (Å²) < 4.78 is 6.74. The number of hydrogen-bond donors (Lipinski definition) is 4. The summed E-state index contributed by atoms with van der Waals surface area (Å²) in [6.07, 6.45) is -0.408. The fraction of sp³-hybridized carbons (Fsp3) is 0.643. The van der Waals surface area contributed by atoms with Crippen LogP contribution in [-0.2, 0) is 10.5 Å². The average Bonchev–Trinajstić information content (AvgIpc) is 3.27. The number of nitrogens with two attached hydrogens (primary N) is 1. The van der Waals surface area contributed by atoms with Crippen LogP contribution in [0.2, 0.25) is 0 Å². The van der Waals surface area contributed by atoms with Gasteiger partial charge in [-0.05, 0) is 12.8 Å². The van der Waals surface area contributed by atoms with E-state index in [4.69, 9.17) is 10.5 Å². The lowest BCUT2D eigenvalue weighted by Gasteiger charge is -2.27. The Labute approximate surface area is 146 Å². The van der Waals surface area contributed by atoms with Crippen molar-refractivity contribution in [1.82, 2.24) is 14.5 Å². The Morgan fingerprint density at radius 3 is 2.72 bits per heavy atom. The highest BCUT2D eigenvalue weighted by molar-refractivity contribution is 7.17. The van der Waals surface area contributed by atoms with Crippen LogP contribution < -0.4 is 15.5 Å². The Kier molecular flexibility index (Phi) is 3.92. The number of nitrogens with zero attached hydrogens (tertiary/aromatic N) is 4. The molecule has 2 saturated heterocycles. The van der Waals surface area contributed by atoms with E-state index in [1.54, 1.807) is 0 Å². The summed E-state index contributed by atoms with van der Waals surface area (Å²) in [4.78, 5) is 22.5. The smallest absolute Gasteiger partial charge is 0.312 e. The van der Waals surface area contributed by atoms with Gasteiger partial charge in [0.2, 0.25) is 5.95 Å². The molecule has 0 aromatic carbocycles.